The van der Waals surface area contributed by atoms with Gasteiger partial charge in [0, 0.05) is 16.4 Å². The first-order valence-corrected chi connectivity index (χ1v) is 11.0. The van der Waals surface area contributed by atoms with E-state index < -0.39 is 10.0 Å². The molecule has 0 atom stereocenters. The summed E-state index contributed by atoms with van der Waals surface area (Å²) in [6.07, 6.45) is 0. The number of carbonyl (C=O) groups is 1. The second-order valence-electron chi connectivity index (χ2n) is 5.28. The molecule has 25 heavy (non-hydrogen) atoms. The topological polar surface area (TPSA) is 63.2 Å². The van der Waals surface area contributed by atoms with E-state index in [-0.39, 0.29) is 18.1 Å². The molecule has 0 spiro atoms. The maximum absolute atomic E-state index is 12.3. The zero-order valence-electron chi connectivity index (χ0n) is 12.9. The summed E-state index contributed by atoms with van der Waals surface area (Å²) in [7, 11) is -3.49. The van der Waals surface area contributed by atoms with Gasteiger partial charge in [-0.15, -0.1) is 22.7 Å². The summed E-state index contributed by atoms with van der Waals surface area (Å²) in [6.45, 7) is 0.158. The van der Waals surface area contributed by atoms with Gasteiger partial charge in [0.1, 0.15) is 0 Å². The summed E-state index contributed by atoms with van der Waals surface area (Å²) in [5.74, 6) is -0.173. The third-order valence-electron chi connectivity index (χ3n) is 3.34. The second-order valence-corrected chi connectivity index (χ2v) is 9.64. The molecule has 4 nitrogen and oxygen atoms in total. The van der Waals surface area contributed by atoms with E-state index in [0.29, 0.717) is 20.3 Å². The average molecular weight is 412 g/mol. The largest absolute Gasteiger partial charge is 0.287 e. The minimum Gasteiger partial charge on any atom is -0.287 e. The van der Waals surface area contributed by atoms with E-state index >= 15 is 0 Å². The molecule has 0 aliphatic carbocycles. The standard InChI is InChI=1S/C17H14ClNO3S3/c18-13-4-1-3-12(9-13)11-25(21,22)19-10-14-6-7-16(24-14)17(20)15-5-2-8-23-15/h1-9,19H,10-11H2. The highest BCUT2D eigenvalue weighted by atomic mass is 35.5. The van der Waals surface area contributed by atoms with Crippen LogP contribution in [0.25, 0.3) is 0 Å². The van der Waals surface area contributed by atoms with Crippen molar-refractivity contribution in [2.75, 3.05) is 0 Å². The Morgan fingerprint density at radius 1 is 1.08 bits per heavy atom. The van der Waals surface area contributed by atoms with Gasteiger partial charge in [-0.1, -0.05) is 29.8 Å². The predicted molar refractivity (Wildman–Crippen MR) is 103 cm³/mol. The number of nitrogens with one attached hydrogen (secondary N) is 1. The first-order chi connectivity index (χ1) is 11.9. The van der Waals surface area contributed by atoms with Crippen LogP contribution in [0.1, 0.15) is 25.0 Å². The number of thiophene rings is 2. The summed E-state index contributed by atoms with van der Waals surface area (Å²) in [5.41, 5.74) is 0.625. The van der Waals surface area contributed by atoms with Crippen molar-refractivity contribution in [3.63, 3.8) is 0 Å². The van der Waals surface area contributed by atoms with Gasteiger partial charge in [0.05, 0.1) is 15.5 Å². The van der Waals surface area contributed by atoms with Gasteiger partial charge >= 0.3 is 0 Å². The lowest BCUT2D eigenvalue weighted by atomic mass is 10.2. The molecule has 0 saturated carbocycles. The van der Waals surface area contributed by atoms with Crippen LogP contribution in [0.3, 0.4) is 0 Å². The molecule has 0 amide bonds. The lowest BCUT2D eigenvalue weighted by Gasteiger charge is -2.06. The highest BCUT2D eigenvalue weighted by Gasteiger charge is 2.15. The zero-order chi connectivity index (χ0) is 17.9. The van der Waals surface area contributed by atoms with Crippen molar-refractivity contribution in [1.82, 2.24) is 4.72 Å². The van der Waals surface area contributed by atoms with Crippen LogP contribution >= 0.6 is 34.3 Å². The molecule has 0 fully saturated rings. The zero-order valence-corrected chi connectivity index (χ0v) is 16.1. The van der Waals surface area contributed by atoms with Crippen LogP contribution in [0.5, 0.6) is 0 Å². The van der Waals surface area contributed by atoms with Crippen LogP contribution in [0.15, 0.2) is 53.9 Å². The molecule has 0 unspecified atom stereocenters. The number of carbonyl (C=O) groups excluding carboxylic acids is 1. The average Bonchev–Trinajstić information content (AvgIpc) is 3.24. The van der Waals surface area contributed by atoms with E-state index in [1.807, 2.05) is 11.4 Å². The Labute approximate surface area is 159 Å². The quantitative estimate of drug-likeness (QED) is 0.589. The molecule has 1 aromatic carbocycles. The first-order valence-electron chi connectivity index (χ1n) is 7.32. The fourth-order valence-electron chi connectivity index (χ4n) is 2.20. The monoisotopic (exact) mass is 411 g/mol. The van der Waals surface area contributed by atoms with Gasteiger partial charge < -0.3 is 0 Å². The minimum atomic E-state index is -3.49. The number of ketones is 1. The summed E-state index contributed by atoms with van der Waals surface area (Å²) in [5, 5.41) is 2.36. The van der Waals surface area contributed by atoms with E-state index in [2.05, 4.69) is 4.72 Å². The third-order valence-corrected chi connectivity index (χ3v) is 6.83. The van der Waals surface area contributed by atoms with E-state index in [1.165, 1.54) is 22.7 Å². The number of hydrogen-bond donors (Lipinski definition) is 1. The van der Waals surface area contributed by atoms with Crippen LogP contribution in [-0.4, -0.2) is 14.2 Å². The van der Waals surface area contributed by atoms with E-state index in [1.54, 1.807) is 42.5 Å². The van der Waals surface area contributed by atoms with Crippen LogP contribution in [-0.2, 0) is 22.3 Å². The highest BCUT2D eigenvalue weighted by Crippen LogP contribution is 2.22. The molecular formula is C17H14ClNO3S3. The summed E-state index contributed by atoms with van der Waals surface area (Å²) >= 11 is 8.56. The fourth-order valence-corrected chi connectivity index (χ4v) is 5.25. The van der Waals surface area contributed by atoms with Crippen molar-refractivity contribution < 1.29 is 13.2 Å². The number of hydrogen-bond acceptors (Lipinski definition) is 5. The van der Waals surface area contributed by atoms with Crippen molar-refractivity contribution in [2.24, 2.45) is 0 Å². The number of rotatable bonds is 7. The summed E-state index contributed by atoms with van der Waals surface area (Å²) in [4.78, 5) is 14.3. The molecule has 2 heterocycles. The molecule has 3 rings (SSSR count). The normalized spacial score (nSPS) is 11.6. The van der Waals surface area contributed by atoms with E-state index in [9.17, 15) is 13.2 Å². The molecule has 0 radical (unpaired) electrons. The van der Waals surface area contributed by atoms with Gasteiger partial charge in [-0.2, -0.15) is 0 Å². The predicted octanol–water partition coefficient (Wildman–Crippen LogP) is 4.31. The Hall–Kier alpha value is -1.51. The van der Waals surface area contributed by atoms with Crippen LogP contribution in [0.4, 0.5) is 0 Å². The molecule has 0 aliphatic heterocycles. The maximum Gasteiger partial charge on any atom is 0.216 e. The molecule has 2 aromatic heterocycles. The molecule has 1 N–H and O–H groups in total. The molecule has 130 valence electrons. The highest BCUT2D eigenvalue weighted by molar-refractivity contribution is 7.88. The van der Waals surface area contributed by atoms with Crippen molar-refractivity contribution in [3.05, 3.63) is 79.1 Å². The molecule has 0 aliphatic rings. The van der Waals surface area contributed by atoms with E-state index in [0.717, 1.165) is 4.88 Å². The lowest BCUT2D eigenvalue weighted by molar-refractivity contribution is 0.104. The number of benzene rings is 1. The van der Waals surface area contributed by atoms with Crippen molar-refractivity contribution >= 4 is 50.1 Å². The van der Waals surface area contributed by atoms with Gasteiger partial charge in [0.15, 0.2) is 0 Å². The smallest absolute Gasteiger partial charge is 0.216 e. The number of sulfonamides is 1. The number of halogens is 1. The Morgan fingerprint density at radius 2 is 1.92 bits per heavy atom. The SMILES string of the molecule is O=C(c1cccs1)c1ccc(CNS(=O)(=O)Cc2cccc(Cl)c2)s1. The van der Waals surface area contributed by atoms with Crippen LogP contribution in [0.2, 0.25) is 5.02 Å². The summed E-state index contributed by atoms with van der Waals surface area (Å²) in [6, 6.07) is 13.9. The first kappa shape index (κ1) is 18.3. The maximum atomic E-state index is 12.3. The van der Waals surface area contributed by atoms with Gasteiger partial charge in [0.2, 0.25) is 15.8 Å². The molecule has 0 saturated heterocycles. The van der Waals surface area contributed by atoms with Crippen molar-refractivity contribution in [1.29, 1.82) is 0 Å². The Kier molecular flexibility index (Phi) is 5.71. The molecule has 8 heteroatoms. The minimum absolute atomic E-state index is 0.0342. The second kappa shape index (κ2) is 7.80. The summed E-state index contributed by atoms with van der Waals surface area (Å²) < 4.78 is 27.0. The fraction of sp³-hybridized carbons (Fsp3) is 0.118. The van der Waals surface area contributed by atoms with Crippen molar-refractivity contribution in [3.8, 4) is 0 Å². The van der Waals surface area contributed by atoms with Crippen molar-refractivity contribution in [2.45, 2.75) is 12.3 Å². The van der Waals surface area contributed by atoms with Gasteiger partial charge in [-0.3, -0.25) is 4.79 Å². The Balaban J connectivity index is 1.62. The molecule has 3 aromatic rings. The lowest BCUT2D eigenvalue weighted by Crippen LogP contribution is -2.24. The Morgan fingerprint density at radius 3 is 2.64 bits per heavy atom. The Bertz CT molecular complexity index is 978. The van der Waals surface area contributed by atoms with Crippen LogP contribution in [0, 0.1) is 0 Å². The molecular weight excluding hydrogens is 398 g/mol. The van der Waals surface area contributed by atoms with Crippen LogP contribution < -0.4 is 4.72 Å². The van der Waals surface area contributed by atoms with Gasteiger partial charge in [-0.05, 0) is 41.3 Å². The third kappa shape index (κ3) is 4.99. The van der Waals surface area contributed by atoms with Gasteiger partial charge in [0.25, 0.3) is 0 Å². The molecule has 0 bridgehead atoms. The van der Waals surface area contributed by atoms with E-state index in [4.69, 9.17) is 11.6 Å². The van der Waals surface area contributed by atoms with Gasteiger partial charge in [-0.25, -0.2) is 13.1 Å².